The Bertz CT molecular complexity index is 595. The Morgan fingerprint density at radius 1 is 1.33 bits per heavy atom. The third kappa shape index (κ3) is 2.93. The van der Waals surface area contributed by atoms with Crippen molar-refractivity contribution in [3.63, 3.8) is 0 Å². The zero-order valence-electron chi connectivity index (χ0n) is 12.4. The van der Waals surface area contributed by atoms with Crippen LogP contribution >= 0.6 is 0 Å². The van der Waals surface area contributed by atoms with E-state index < -0.39 is 0 Å². The second kappa shape index (κ2) is 6.26. The van der Waals surface area contributed by atoms with Crippen molar-refractivity contribution in [3.05, 3.63) is 41.7 Å². The number of rotatable bonds is 5. The number of hydrogen-bond donors (Lipinski definition) is 1. The monoisotopic (exact) mass is 286 g/mol. The van der Waals surface area contributed by atoms with E-state index in [2.05, 4.69) is 46.4 Å². The Hall–Kier alpha value is -1.88. The van der Waals surface area contributed by atoms with Gasteiger partial charge in [0.25, 0.3) is 0 Å². The zero-order chi connectivity index (χ0) is 14.7. The Morgan fingerprint density at radius 3 is 2.95 bits per heavy atom. The molecule has 0 bridgehead atoms. The van der Waals surface area contributed by atoms with Gasteiger partial charge in [-0.2, -0.15) is 0 Å². The third-order valence-electron chi connectivity index (χ3n) is 4.21. The minimum atomic E-state index is 0.254. The molecule has 1 aliphatic heterocycles. The number of anilines is 1. The van der Waals surface area contributed by atoms with E-state index in [1.807, 2.05) is 10.9 Å². The number of hydrogen-bond acceptors (Lipinski definition) is 4. The van der Waals surface area contributed by atoms with E-state index in [4.69, 9.17) is 0 Å². The SMILES string of the molecule is CCn1cc(CN2CCC(CCO)c3ccccc32)nn1. The number of aliphatic hydroxyl groups is 1. The summed E-state index contributed by atoms with van der Waals surface area (Å²) < 4.78 is 1.86. The predicted octanol–water partition coefficient (Wildman–Crippen LogP) is 2.17. The van der Waals surface area contributed by atoms with Crippen LogP contribution in [0.5, 0.6) is 0 Å². The standard InChI is InChI=1S/C16H22N4O/c1-2-20-12-14(17-18-20)11-19-9-7-13(8-10-21)15-5-3-4-6-16(15)19/h3-6,12-13,21H,2,7-11H2,1H3. The number of aryl methyl sites for hydroxylation is 1. The Kier molecular flexibility index (Phi) is 4.20. The number of benzene rings is 1. The topological polar surface area (TPSA) is 54.2 Å². The average molecular weight is 286 g/mol. The quantitative estimate of drug-likeness (QED) is 0.915. The molecular formula is C16H22N4O. The van der Waals surface area contributed by atoms with Crippen LogP contribution in [0, 0.1) is 0 Å². The van der Waals surface area contributed by atoms with Crippen LogP contribution < -0.4 is 4.90 Å². The van der Waals surface area contributed by atoms with E-state index in [9.17, 15) is 5.11 Å². The molecule has 0 aliphatic carbocycles. The smallest absolute Gasteiger partial charge is 0.102 e. The lowest BCUT2D eigenvalue weighted by atomic mass is 9.87. The van der Waals surface area contributed by atoms with Crippen molar-refractivity contribution in [1.82, 2.24) is 15.0 Å². The van der Waals surface area contributed by atoms with E-state index in [0.29, 0.717) is 5.92 Å². The molecule has 0 saturated heterocycles. The lowest BCUT2D eigenvalue weighted by Crippen LogP contribution is -2.31. The van der Waals surface area contributed by atoms with Gasteiger partial charge in [0, 0.05) is 25.4 Å². The maximum Gasteiger partial charge on any atom is 0.102 e. The molecule has 5 nitrogen and oxygen atoms in total. The predicted molar refractivity (Wildman–Crippen MR) is 82.2 cm³/mol. The summed E-state index contributed by atoms with van der Waals surface area (Å²) in [4.78, 5) is 2.37. The summed E-state index contributed by atoms with van der Waals surface area (Å²) in [7, 11) is 0. The van der Waals surface area contributed by atoms with Crippen molar-refractivity contribution in [2.75, 3.05) is 18.1 Å². The van der Waals surface area contributed by atoms with Crippen molar-refractivity contribution in [2.24, 2.45) is 0 Å². The van der Waals surface area contributed by atoms with Gasteiger partial charge in [0.1, 0.15) is 5.69 Å². The van der Waals surface area contributed by atoms with Gasteiger partial charge in [-0.05, 0) is 37.3 Å². The van der Waals surface area contributed by atoms with Gasteiger partial charge in [-0.1, -0.05) is 23.4 Å². The first-order valence-corrected chi connectivity index (χ1v) is 7.65. The van der Waals surface area contributed by atoms with E-state index >= 15 is 0 Å². The van der Waals surface area contributed by atoms with Crippen LogP contribution in [-0.2, 0) is 13.1 Å². The molecule has 1 N–H and O–H groups in total. The van der Waals surface area contributed by atoms with Crippen LogP contribution in [-0.4, -0.2) is 33.3 Å². The van der Waals surface area contributed by atoms with Gasteiger partial charge < -0.3 is 10.0 Å². The van der Waals surface area contributed by atoms with Crippen molar-refractivity contribution >= 4 is 5.69 Å². The minimum Gasteiger partial charge on any atom is -0.396 e. The molecule has 3 rings (SSSR count). The van der Waals surface area contributed by atoms with Gasteiger partial charge in [0.2, 0.25) is 0 Å². The second-order valence-corrected chi connectivity index (χ2v) is 5.54. The summed E-state index contributed by atoms with van der Waals surface area (Å²) in [6.07, 6.45) is 3.94. The molecule has 1 atom stereocenters. The minimum absolute atomic E-state index is 0.254. The van der Waals surface area contributed by atoms with Gasteiger partial charge in [0.05, 0.1) is 12.7 Å². The summed E-state index contributed by atoms with van der Waals surface area (Å²) in [5.74, 6) is 0.466. The van der Waals surface area contributed by atoms with Crippen LogP contribution in [0.2, 0.25) is 0 Å². The molecule has 0 radical (unpaired) electrons. The maximum absolute atomic E-state index is 9.24. The van der Waals surface area contributed by atoms with Gasteiger partial charge in [0.15, 0.2) is 0 Å². The highest BCUT2D eigenvalue weighted by atomic mass is 16.3. The number of nitrogens with zero attached hydrogens (tertiary/aromatic N) is 4. The van der Waals surface area contributed by atoms with Crippen LogP contribution in [0.3, 0.4) is 0 Å². The summed E-state index contributed by atoms with van der Waals surface area (Å²) in [5, 5.41) is 17.6. The van der Waals surface area contributed by atoms with Gasteiger partial charge in [-0.15, -0.1) is 5.10 Å². The third-order valence-corrected chi connectivity index (χ3v) is 4.21. The second-order valence-electron chi connectivity index (χ2n) is 5.54. The Morgan fingerprint density at radius 2 is 2.19 bits per heavy atom. The fourth-order valence-corrected chi connectivity index (χ4v) is 3.09. The van der Waals surface area contributed by atoms with Gasteiger partial charge in [-0.25, -0.2) is 0 Å². The normalized spacial score (nSPS) is 17.8. The van der Waals surface area contributed by atoms with Crippen LogP contribution in [0.1, 0.15) is 36.9 Å². The highest BCUT2D eigenvalue weighted by Crippen LogP contribution is 2.37. The molecule has 5 heteroatoms. The molecular weight excluding hydrogens is 264 g/mol. The number of aliphatic hydroxyl groups excluding tert-OH is 1. The fourth-order valence-electron chi connectivity index (χ4n) is 3.09. The average Bonchev–Trinajstić information content (AvgIpc) is 2.98. The van der Waals surface area contributed by atoms with E-state index in [0.717, 1.165) is 38.2 Å². The van der Waals surface area contributed by atoms with Crippen LogP contribution in [0.4, 0.5) is 5.69 Å². The van der Waals surface area contributed by atoms with Crippen molar-refractivity contribution < 1.29 is 5.11 Å². The molecule has 2 aromatic rings. The molecule has 1 aliphatic rings. The highest BCUT2D eigenvalue weighted by molar-refractivity contribution is 5.57. The van der Waals surface area contributed by atoms with Crippen LogP contribution in [0.15, 0.2) is 30.5 Å². The first-order chi connectivity index (χ1) is 10.3. The lowest BCUT2D eigenvalue weighted by Gasteiger charge is -2.35. The molecule has 1 aromatic heterocycles. The van der Waals surface area contributed by atoms with E-state index in [-0.39, 0.29) is 6.61 Å². The Balaban J connectivity index is 1.82. The molecule has 112 valence electrons. The summed E-state index contributed by atoms with van der Waals surface area (Å²) >= 11 is 0. The molecule has 0 fully saturated rings. The van der Waals surface area contributed by atoms with E-state index in [1.54, 1.807) is 0 Å². The number of fused-ring (bicyclic) bond motifs is 1. The summed E-state index contributed by atoms with van der Waals surface area (Å²) in [6, 6.07) is 8.52. The van der Waals surface area contributed by atoms with Gasteiger partial charge in [-0.3, -0.25) is 4.68 Å². The molecule has 0 saturated carbocycles. The lowest BCUT2D eigenvalue weighted by molar-refractivity contribution is 0.271. The molecule has 1 unspecified atom stereocenters. The van der Waals surface area contributed by atoms with E-state index in [1.165, 1.54) is 11.3 Å². The molecule has 0 spiro atoms. The summed E-state index contributed by atoms with van der Waals surface area (Å²) in [5.41, 5.74) is 3.63. The number of para-hydroxylation sites is 1. The van der Waals surface area contributed by atoms with Crippen molar-refractivity contribution in [2.45, 2.75) is 38.8 Å². The Labute approximate surface area is 125 Å². The number of aromatic nitrogens is 3. The van der Waals surface area contributed by atoms with Crippen molar-refractivity contribution in [3.8, 4) is 0 Å². The first kappa shape index (κ1) is 14.1. The maximum atomic E-state index is 9.24. The van der Waals surface area contributed by atoms with Crippen molar-refractivity contribution in [1.29, 1.82) is 0 Å². The van der Waals surface area contributed by atoms with Crippen LogP contribution in [0.25, 0.3) is 0 Å². The molecule has 0 amide bonds. The molecule has 1 aromatic carbocycles. The highest BCUT2D eigenvalue weighted by Gasteiger charge is 2.24. The fraction of sp³-hybridized carbons (Fsp3) is 0.500. The summed E-state index contributed by atoms with van der Waals surface area (Å²) in [6.45, 7) is 4.96. The molecule has 21 heavy (non-hydrogen) atoms. The van der Waals surface area contributed by atoms with Gasteiger partial charge >= 0.3 is 0 Å². The largest absolute Gasteiger partial charge is 0.396 e. The first-order valence-electron chi connectivity index (χ1n) is 7.65. The zero-order valence-corrected chi connectivity index (χ0v) is 12.4. The molecule has 2 heterocycles.